The number of carbonyl (C=O) groups is 1. The molecule has 0 aliphatic carbocycles. The van der Waals surface area contributed by atoms with Crippen molar-refractivity contribution in [2.75, 3.05) is 0 Å². The summed E-state index contributed by atoms with van der Waals surface area (Å²) in [6, 6.07) is 0.525. The molecule has 0 unspecified atom stereocenters. The van der Waals surface area contributed by atoms with Gasteiger partial charge in [-0.15, -0.1) is 0 Å². The van der Waals surface area contributed by atoms with Crippen molar-refractivity contribution < 1.29 is 62.5 Å². The molecule has 18 heavy (non-hydrogen) atoms. The molecule has 9 nitrogen and oxygen atoms in total. The Morgan fingerprint density at radius 1 is 1.33 bits per heavy atom. The van der Waals surface area contributed by atoms with Crippen LogP contribution in [0.2, 0.25) is 0 Å². The first-order valence-corrected chi connectivity index (χ1v) is 5.24. The number of nitro groups is 1. The number of nitro benzene ring substituents is 1. The first-order chi connectivity index (χ1) is 7.64. The number of carboxylic acid groups (broad SMARTS) is 1. The Morgan fingerprint density at radius 2 is 1.83 bits per heavy atom. The van der Waals surface area contributed by atoms with Gasteiger partial charge in [-0.25, -0.2) is 13.2 Å². The Labute approximate surface area is 122 Å². The number of carboxylic acids is 1. The molecule has 0 amide bonds. The normalized spacial score (nSPS) is 10.5. The minimum Gasteiger partial charge on any atom is -0.867 e. The van der Waals surface area contributed by atoms with Crippen LogP contribution in [0.3, 0.4) is 0 Å². The molecule has 1 aromatic rings. The van der Waals surface area contributed by atoms with Gasteiger partial charge < -0.3 is 14.8 Å². The molecule has 1 N–H and O–H groups in total. The smallest absolute Gasteiger partial charge is 0.867 e. The summed E-state index contributed by atoms with van der Waals surface area (Å²) in [6.45, 7) is 0. The van der Waals surface area contributed by atoms with E-state index in [1.165, 1.54) is 0 Å². The van der Waals surface area contributed by atoms with Crippen molar-refractivity contribution in [1.82, 2.24) is 0 Å². The minimum absolute atomic E-state index is 0. The standard InChI is InChI=1S/C7H5NO8S.Na/c9-6-4(7(10)11)1-3(17(14,15)16)2-5(6)8(12)13;/h1-2,9H,(H,10,11)(H,14,15,16);/q;+1/p-2. The molecule has 11 heteroatoms. The van der Waals surface area contributed by atoms with Crippen molar-refractivity contribution in [3.63, 3.8) is 0 Å². The van der Waals surface area contributed by atoms with E-state index in [0.29, 0.717) is 6.07 Å². The largest absolute Gasteiger partial charge is 1.00 e. The van der Waals surface area contributed by atoms with E-state index in [0.717, 1.165) is 0 Å². The van der Waals surface area contributed by atoms with Crippen molar-refractivity contribution in [2.24, 2.45) is 0 Å². The first-order valence-electron chi connectivity index (χ1n) is 3.83. The van der Waals surface area contributed by atoms with E-state index in [9.17, 15) is 33.0 Å². The third-order valence-corrected chi connectivity index (χ3v) is 2.57. The zero-order valence-electron chi connectivity index (χ0n) is 8.82. The van der Waals surface area contributed by atoms with Gasteiger partial charge in [0.05, 0.1) is 15.4 Å². The average molecular weight is 284 g/mol. The first kappa shape index (κ1) is 16.8. The van der Waals surface area contributed by atoms with Crippen molar-refractivity contribution in [3.8, 4) is 5.75 Å². The predicted molar refractivity (Wildman–Crippen MR) is 47.5 cm³/mol. The molecule has 0 aromatic heterocycles. The van der Waals surface area contributed by atoms with Crippen LogP contribution in [0.1, 0.15) is 10.4 Å². The summed E-state index contributed by atoms with van der Waals surface area (Å²) in [5, 5.41) is 30.1. The molecule has 0 heterocycles. The SMILES string of the molecule is O=C(O)c1cc(S(=O)(=O)[O-])cc([N+](=O)[O-])c1[O-].[Na+]. The third kappa shape index (κ3) is 3.40. The number of rotatable bonds is 3. The van der Waals surface area contributed by atoms with Gasteiger partial charge in [0.15, 0.2) is 0 Å². The summed E-state index contributed by atoms with van der Waals surface area (Å²) in [6.07, 6.45) is 0. The molecule has 1 rings (SSSR count). The van der Waals surface area contributed by atoms with Crippen LogP contribution < -0.4 is 34.7 Å². The molecule has 0 aliphatic heterocycles. The molecule has 0 atom stereocenters. The van der Waals surface area contributed by atoms with Crippen molar-refractivity contribution in [1.29, 1.82) is 0 Å². The van der Waals surface area contributed by atoms with Crippen LogP contribution in [0, 0.1) is 10.1 Å². The summed E-state index contributed by atoms with van der Waals surface area (Å²) in [5.41, 5.74) is -2.42. The van der Waals surface area contributed by atoms with Crippen LogP contribution in [0.25, 0.3) is 0 Å². The van der Waals surface area contributed by atoms with E-state index in [4.69, 9.17) is 5.11 Å². The Bertz CT molecular complexity index is 575. The molecule has 0 fully saturated rings. The van der Waals surface area contributed by atoms with Crippen molar-refractivity contribution in [3.05, 3.63) is 27.8 Å². The maximum atomic E-state index is 11.2. The Kier molecular flexibility index (Phi) is 5.25. The minimum atomic E-state index is -5.09. The predicted octanol–water partition coefficient (Wildman–Crippen LogP) is -3.73. The molecular weight excluding hydrogens is 281 g/mol. The zero-order valence-corrected chi connectivity index (χ0v) is 11.6. The summed E-state index contributed by atoms with van der Waals surface area (Å²) in [7, 11) is -5.09. The van der Waals surface area contributed by atoms with Crippen molar-refractivity contribution in [2.45, 2.75) is 4.90 Å². The van der Waals surface area contributed by atoms with Gasteiger partial charge in [-0.1, -0.05) is 0 Å². The van der Waals surface area contributed by atoms with Crippen LogP contribution >= 0.6 is 0 Å². The molecular formula is C7H3NNaO8S-. The van der Waals surface area contributed by atoms with Crippen LogP contribution in [-0.4, -0.2) is 29.0 Å². The van der Waals surface area contributed by atoms with E-state index >= 15 is 0 Å². The van der Waals surface area contributed by atoms with Crippen LogP contribution in [0.15, 0.2) is 17.0 Å². The number of nitrogens with zero attached hydrogens (tertiary/aromatic N) is 1. The summed E-state index contributed by atoms with van der Waals surface area (Å²) in [5.74, 6) is -3.32. The maximum absolute atomic E-state index is 11.2. The van der Waals surface area contributed by atoms with Crippen LogP contribution in [-0.2, 0) is 10.1 Å². The second-order valence-corrected chi connectivity index (χ2v) is 4.22. The van der Waals surface area contributed by atoms with Gasteiger partial charge in [-0.3, -0.25) is 10.1 Å². The fourth-order valence-corrected chi connectivity index (χ4v) is 1.54. The van der Waals surface area contributed by atoms with E-state index in [2.05, 4.69) is 0 Å². The van der Waals surface area contributed by atoms with Crippen LogP contribution in [0.4, 0.5) is 5.69 Å². The number of benzene rings is 1. The Morgan fingerprint density at radius 3 is 2.17 bits per heavy atom. The zero-order chi connectivity index (χ0) is 13.4. The summed E-state index contributed by atoms with van der Waals surface area (Å²) in [4.78, 5) is 18.5. The van der Waals surface area contributed by atoms with Crippen LogP contribution in [0.5, 0.6) is 5.75 Å². The molecule has 0 saturated heterocycles. The fraction of sp³-hybridized carbons (Fsp3) is 0. The van der Waals surface area contributed by atoms with Gasteiger partial charge in [0, 0.05) is 6.07 Å². The average Bonchev–Trinajstić information content (AvgIpc) is 2.14. The van der Waals surface area contributed by atoms with Crippen molar-refractivity contribution >= 4 is 21.8 Å². The van der Waals surface area contributed by atoms with Gasteiger partial charge in [-0.2, -0.15) is 0 Å². The Balaban J connectivity index is 0.00000289. The van der Waals surface area contributed by atoms with E-state index in [1.54, 1.807) is 0 Å². The number of aromatic carboxylic acids is 1. The van der Waals surface area contributed by atoms with E-state index in [1.807, 2.05) is 0 Å². The van der Waals surface area contributed by atoms with Gasteiger partial charge in [0.1, 0.15) is 10.1 Å². The molecule has 0 spiro atoms. The van der Waals surface area contributed by atoms with E-state index in [-0.39, 0.29) is 35.6 Å². The summed E-state index contributed by atoms with van der Waals surface area (Å²) < 4.78 is 31.9. The molecule has 0 radical (unpaired) electrons. The molecule has 0 saturated carbocycles. The summed E-state index contributed by atoms with van der Waals surface area (Å²) >= 11 is 0. The molecule has 1 aromatic carbocycles. The van der Waals surface area contributed by atoms with Gasteiger partial charge in [-0.05, 0) is 11.8 Å². The van der Waals surface area contributed by atoms with Gasteiger partial charge >= 0.3 is 35.5 Å². The number of hydrogen-bond donors (Lipinski definition) is 1. The fourth-order valence-electron chi connectivity index (χ4n) is 1.03. The molecule has 0 aliphatic rings. The van der Waals surface area contributed by atoms with Gasteiger partial charge in [0.25, 0.3) is 5.69 Å². The Hall–Kier alpha value is -1.20. The topological polar surface area (TPSA) is 161 Å². The quantitative estimate of drug-likeness (QED) is 0.256. The monoisotopic (exact) mass is 284 g/mol. The number of hydrogen-bond acceptors (Lipinski definition) is 7. The second-order valence-electron chi connectivity index (χ2n) is 2.84. The van der Waals surface area contributed by atoms with Gasteiger partial charge in [0.2, 0.25) is 0 Å². The second kappa shape index (κ2) is 5.63. The molecule has 92 valence electrons. The van der Waals surface area contributed by atoms with E-state index < -0.39 is 42.9 Å². The molecule has 0 bridgehead atoms. The third-order valence-electron chi connectivity index (χ3n) is 1.76. The maximum Gasteiger partial charge on any atom is 1.00 e.